The van der Waals surface area contributed by atoms with Gasteiger partial charge in [-0.05, 0) is 61.9 Å². The van der Waals surface area contributed by atoms with Crippen LogP contribution in [-0.4, -0.2) is 20.8 Å². The van der Waals surface area contributed by atoms with E-state index in [1.807, 2.05) is 32.0 Å². The number of carbonyl (C=O) groups is 2. The molecular formula is C25H35N3O3S. The van der Waals surface area contributed by atoms with E-state index in [2.05, 4.69) is 43.3 Å². The van der Waals surface area contributed by atoms with Crippen LogP contribution < -0.4 is 15.6 Å². The first-order valence-corrected chi connectivity index (χ1v) is 12.1. The van der Waals surface area contributed by atoms with Crippen molar-refractivity contribution >= 4 is 22.8 Å². The van der Waals surface area contributed by atoms with Gasteiger partial charge in [-0.3, -0.25) is 20.4 Å². The molecule has 0 aliphatic rings. The fourth-order valence-corrected chi connectivity index (χ4v) is 5.05. The summed E-state index contributed by atoms with van der Waals surface area (Å²) in [4.78, 5) is 24.5. The van der Waals surface area contributed by atoms with Crippen molar-refractivity contribution in [2.45, 2.75) is 58.8 Å². The summed E-state index contributed by atoms with van der Waals surface area (Å²) in [7, 11) is -1.22. The first-order chi connectivity index (χ1) is 15.0. The summed E-state index contributed by atoms with van der Waals surface area (Å²) in [5.74, 6) is -0.130. The predicted molar refractivity (Wildman–Crippen MR) is 130 cm³/mol. The number of hydrazine groups is 1. The minimum atomic E-state index is -1.22. The van der Waals surface area contributed by atoms with E-state index in [-0.39, 0.29) is 22.6 Å². The Morgan fingerprint density at radius 3 is 1.81 bits per heavy atom. The Hall–Kier alpha value is -2.51. The Labute approximate surface area is 194 Å². The van der Waals surface area contributed by atoms with Crippen molar-refractivity contribution in [3.8, 4) is 0 Å². The first-order valence-electron chi connectivity index (χ1n) is 10.9. The van der Waals surface area contributed by atoms with Crippen molar-refractivity contribution in [2.75, 3.05) is 0 Å². The molecule has 0 fully saturated rings. The molecule has 0 aromatic heterocycles. The summed E-state index contributed by atoms with van der Waals surface area (Å²) in [6, 6.07) is 15.7. The average Bonchev–Trinajstić information content (AvgIpc) is 2.75. The van der Waals surface area contributed by atoms with Crippen molar-refractivity contribution in [2.24, 2.45) is 11.8 Å². The van der Waals surface area contributed by atoms with Crippen LogP contribution in [0.2, 0.25) is 0 Å². The van der Waals surface area contributed by atoms with Crippen molar-refractivity contribution in [1.29, 1.82) is 0 Å². The molecule has 0 aliphatic carbocycles. The van der Waals surface area contributed by atoms with Gasteiger partial charge in [-0.15, -0.1) is 0 Å². The molecule has 0 saturated carbocycles. The molecule has 7 heteroatoms. The summed E-state index contributed by atoms with van der Waals surface area (Å²) in [6.07, 6.45) is 0.852. The summed E-state index contributed by atoms with van der Waals surface area (Å²) < 4.78 is 16.0. The van der Waals surface area contributed by atoms with Crippen LogP contribution in [-0.2, 0) is 11.0 Å². The van der Waals surface area contributed by atoms with Crippen LogP contribution in [0.4, 0.5) is 0 Å². The largest absolute Gasteiger partial charge is 0.269 e. The Morgan fingerprint density at radius 2 is 1.34 bits per heavy atom. The van der Waals surface area contributed by atoms with E-state index < -0.39 is 16.9 Å². The van der Waals surface area contributed by atoms with E-state index >= 15 is 0 Å². The minimum Gasteiger partial charge on any atom is -0.267 e. The van der Waals surface area contributed by atoms with E-state index in [0.717, 1.165) is 12.0 Å². The van der Waals surface area contributed by atoms with Gasteiger partial charge in [-0.2, -0.15) is 0 Å². The minimum absolute atomic E-state index is 0.114. The summed E-state index contributed by atoms with van der Waals surface area (Å²) in [5.41, 5.74) is 6.70. The van der Waals surface area contributed by atoms with E-state index in [1.165, 1.54) is 0 Å². The van der Waals surface area contributed by atoms with E-state index in [0.29, 0.717) is 17.0 Å². The molecule has 0 bridgehead atoms. The maximum Gasteiger partial charge on any atom is 0.269 e. The van der Waals surface area contributed by atoms with Gasteiger partial charge in [0.15, 0.2) is 0 Å². The van der Waals surface area contributed by atoms with Crippen LogP contribution in [0.1, 0.15) is 80.3 Å². The Bertz CT molecular complexity index is 925. The SMILES string of the molecule is CC(C)CC(C)(C)[S@](=O)N[C@H](c1ccc(C(=O)NNC(=O)c2ccccc2)cc1)C(C)C. The second-order valence-electron chi connectivity index (χ2n) is 9.36. The number of hydrogen-bond acceptors (Lipinski definition) is 3. The Morgan fingerprint density at radius 1 is 0.844 bits per heavy atom. The number of carbonyl (C=O) groups excluding carboxylic acids is 2. The molecule has 174 valence electrons. The van der Waals surface area contributed by atoms with Crippen LogP contribution in [0.15, 0.2) is 54.6 Å². The van der Waals surface area contributed by atoms with Crippen molar-refractivity contribution in [3.05, 3.63) is 71.3 Å². The fourth-order valence-electron chi connectivity index (χ4n) is 3.61. The predicted octanol–water partition coefficient (Wildman–Crippen LogP) is 4.54. The Balaban J connectivity index is 2.04. The molecule has 0 unspecified atom stereocenters. The lowest BCUT2D eigenvalue weighted by molar-refractivity contribution is 0.0846. The van der Waals surface area contributed by atoms with Crippen molar-refractivity contribution < 1.29 is 13.8 Å². The zero-order valence-electron chi connectivity index (χ0n) is 19.8. The van der Waals surface area contributed by atoms with Gasteiger partial charge >= 0.3 is 0 Å². The lowest BCUT2D eigenvalue weighted by Gasteiger charge is -2.30. The van der Waals surface area contributed by atoms with Crippen LogP contribution in [0, 0.1) is 11.8 Å². The zero-order chi connectivity index (χ0) is 23.9. The third-order valence-corrected chi connectivity index (χ3v) is 6.80. The van der Waals surface area contributed by atoms with Gasteiger partial charge in [-0.1, -0.05) is 58.0 Å². The molecule has 6 nitrogen and oxygen atoms in total. The van der Waals surface area contributed by atoms with Crippen LogP contribution >= 0.6 is 0 Å². The van der Waals surface area contributed by atoms with Gasteiger partial charge in [0, 0.05) is 17.2 Å². The molecule has 3 N–H and O–H groups in total. The molecule has 2 aromatic carbocycles. The maximum atomic E-state index is 13.0. The molecule has 0 spiro atoms. The van der Waals surface area contributed by atoms with Gasteiger partial charge in [-0.25, -0.2) is 8.93 Å². The highest BCUT2D eigenvalue weighted by Crippen LogP contribution is 2.27. The fraction of sp³-hybridized carbons (Fsp3) is 0.440. The Kier molecular flexibility index (Phi) is 9.16. The second-order valence-corrected chi connectivity index (χ2v) is 11.2. The topological polar surface area (TPSA) is 87.3 Å². The highest BCUT2D eigenvalue weighted by molar-refractivity contribution is 7.84. The number of hydrogen-bond donors (Lipinski definition) is 3. The van der Waals surface area contributed by atoms with E-state index in [4.69, 9.17) is 0 Å². The van der Waals surface area contributed by atoms with Gasteiger partial charge in [0.05, 0.1) is 15.7 Å². The molecule has 2 aromatic rings. The van der Waals surface area contributed by atoms with E-state index in [1.54, 1.807) is 36.4 Å². The molecule has 0 heterocycles. The molecule has 0 radical (unpaired) electrons. The average molecular weight is 458 g/mol. The number of nitrogens with one attached hydrogen (secondary N) is 3. The van der Waals surface area contributed by atoms with Gasteiger partial charge in [0.2, 0.25) is 0 Å². The lowest BCUT2D eigenvalue weighted by atomic mass is 9.96. The second kappa shape index (κ2) is 11.4. The monoisotopic (exact) mass is 457 g/mol. The molecule has 32 heavy (non-hydrogen) atoms. The van der Waals surface area contributed by atoms with Crippen molar-refractivity contribution in [1.82, 2.24) is 15.6 Å². The smallest absolute Gasteiger partial charge is 0.267 e. The van der Waals surface area contributed by atoms with Gasteiger partial charge in [0.25, 0.3) is 11.8 Å². The molecular weight excluding hydrogens is 422 g/mol. The maximum absolute atomic E-state index is 13.0. The number of amides is 2. The summed E-state index contributed by atoms with van der Waals surface area (Å²) in [5, 5.41) is 0. The van der Waals surface area contributed by atoms with Crippen LogP contribution in [0.5, 0.6) is 0 Å². The quantitative estimate of drug-likeness (QED) is 0.483. The highest BCUT2D eigenvalue weighted by atomic mass is 32.2. The normalized spacial score (nSPS) is 13.6. The summed E-state index contributed by atoms with van der Waals surface area (Å²) in [6.45, 7) is 12.4. The first kappa shape index (κ1) is 25.7. The number of rotatable bonds is 9. The van der Waals surface area contributed by atoms with Crippen LogP contribution in [0.3, 0.4) is 0 Å². The van der Waals surface area contributed by atoms with E-state index in [9.17, 15) is 13.8 Å². The van der Waals surface area contributed by atoms with Crippen LogP contribution in [0.25, 0.3) is 0 Å². The summed E-state index contributed by atoms with van der Waals surface area (Å²) >= 11 is 0. The van der Waals surface area contributed by atoms with Gasteiger partial charge < -0.3 is 0 Å². The molecule has 0 aliphatic heterocycles. The van der Waals surface area contributed by atoms with Crippen molar-refractivity contribution in [3.63, 3.8) is 0 Å². The molecule has 2 rings (SSSR count). The molecule has 2 atom stereocenters. The number of benzene rings is 2. The highest BCUT2D eigenvalue weighted by Gasteiger charge is 2.30. The third-order valence-electron chi connectivity index (χ3n) is 5.16. The molecule has 0 saturated heterocycles. The van der Waals surface area contributed by atoms with Gasteiger partial charge in [0.1, 0.15) is 0 Å². The zero-order valence-corrected chi connectivity index (χ0v) is 20.6. The lowest BCUT2D eigenvalue weighted by Crippen LogP contribution is -2.41. The third kappa shape index (κ3) is 7.28. The molecule has 2 amide bonds. The standard InChI is InChI=1S/C25H35N3O3S/c1-17(2)16-25(5,6)32(31)28-22(18(3)4)19-12-14-21(15-13-19)24(30)27-26-23(29)20-10-8-7-9-11-20/h7-15,17-18,22,28H,16H2,1-6H3,(H,26,29)(H,27,30)/t22-,32-/m0/s1.